The second-order valence-electron chi connectivity index (χ2n) is 6.93. The van der Waals surface area contributed by atoms with Crippen molar-refractivity contribution in [2.24, 2.45) is 5.92 Å². The third-order valence-corrected chi connectivity index (χ3v) is 5.01. The summed E-state index contributed by atoms with van der Waals surface area (Å²) in [5, 5.41) is 0. The number of carbonyl (C=O) groups excluding carboxylic acids is 1. The first-order valence-corrected chi connectivity index (χ1v) is 8.59. The van der Waals surface area contributed by atoms with Gasteiger partial charge in [0, 0.05) is 32.0 Å². The van der Waals surface area contributed by atoms with Crippen LogP contribution in [0.5, 0.6) is 0 Å². The number of halogens is 1. The predicted molar refractivity (Wildman–Crippen MR) is 95.8 cm³/mol. The highest BCUT2D eigenvalue weighted by Gasteiger charge is 2.34. The fourth-order valence-electron chi connectivity index (χ4n) is 3.74. The summed E-state index contributed by atoms with van der Waals surface area (Å²) >= 11 is 0. The third-order valence-electron chi connectivity index (χ3n) is 5.01. The summed E-state index contributed by atoms with van der Waals surface area (Å²) in [5.41, 5.74) is 2.19. The van der Waals surface area contributed by atoms with Gasteiger partial charge in [-0.3, -0.25) is 14.7 Å². The van der Waals surface area contributed by atoms with Crippen LogP contribution in [0.1, 0.15) is 33.9 Å². The smallest absolute Gasteiger partial charge is 0.256 e. The molecule has 0 unspecified atom stereocenters. The first kappa shape index (κ1) is 17.5. The van der Waals surface area contributed by atoms with Gasteiger partial charge in [-0.15, -0.1) is 0 Å². The predicted octanol–water partition coefficient (Wildman–Crippen LogP) is 3.29. The number of nitrogens with zero attached hydrogens (tertiary/aromatic N) is 3. The molecule has 1 aliphatic heterocycles. The summed E-state index contributed by atoms with van der Waals surface area (Å²) < 4.78 is 14.0. The Kier molecular flexibility index (Phi) is 5.13. The molecular formula is C20H24FN3O. The van der Waals surface area contributed by atoms with Crippen LogP contribution in [0, 0.1) is 18.7 Å². The van der Waals surface area contributed by atoms with Crippen LogP contribution in [-0.2, 0) is 0 Å². The normalized spacial score (nSPS) is 20.6. The fourth-order valence-corrected chi connectivity index (χ4v) is 3.74. The largest absolute Gasteiger partial charge is 0.341 e. The zero-order chi connectivity index (χ0) is 18.0. The molecular weight excluding hydrogens is 317 g/mol. The lowest BCUT2D eigenvalue weighted by atomic mass is 9.94. The molecule has 0 bridgehead atoms. The van der Waals surface area contributed by atoms with Crippen LogP contribution in [0.2, 0.25) is 0 Å². The molecule has 0 N–H and O–H groups in total. The molecule has 5 heteroatoms. The van der Waals surface area contributed by atoms with E-state index in [4.69, 9.17) is 0 Å². The van der Waals surface area contributed by atoms with Crippen molar-refractivity contribution in [1.82, 2.24) is 14.8 Å². The van der Waals surface area contributed by atoms with Crippen LogP contribution in [-0.4, -0.2) is 47.9 Å². The Morgan fingerprint density at radius 2 is 2.20 bits per heavy atom. The van der Waals surface area contributed by atoms with Crippen molar-refractivity contribution in [3.63, 3.8) is 0 Å². The first-order chi connectivity index (χ1) is 12.0. The van der Waals surface area contributed by atoms with Crippen molar-refractivity contribution in [1.29, 1.82) is 0 Å². The van der Waals surface area contributed by atoms with Gasteiger partial charge in [0.25, 0.3) is 5.91 Å². The standard InChI is InChI=1S/C20H24FN3O/c1-14-6-7-18(21)17(11-14)20(25)24(3)13-16-8-10-23(2)19(16)15-5-4-9-22-12-15/h4-7,9,11-12,16,19H,8,10,13H2,1-3H3/t16-,19-/m0/s1. The van der Waals surface area contributed by atoms with E-state index < -0.39 is 5.82 Å². The molecule has 1 aliphatic rings. The van der Waals surface area contributed by atoms with E-state index >= 15 is 0 Å². The van der Waals surface area contributed by atoms with E-state index in [0.29, 0.717) is 12.5 Å². The highest BCUT2D eigenvalue weighted by molar-refractivity contribution is 5.94. The average Bonchev–Trinajstić information content (AvgIpc) is 2.97. The summed E-state index contributed by atoms with van der Waals surface area (Å²) in [6, 6.07) is 8.90. The second-order valence-corrected chi connectivity index (χ2v) is 6.93. The Morgan fingerprint density at radius 3 is 2.92 bits per heavy atom. The number of amides is 1. The Balaban J connectivity index is 1.76. The van der Waals surface area contributed by atoms with Crippen LogP contribution >= 0.6 is 0 Å². The van der Waals surface area contributed by atoms with Crippen molar-refractivity contribution in [3.8, 4) is 0 Å². The SMILES string of the molecule is Cc1ccc(F)c(C(=O)N(C)C[C@@H]2CCN(C)[C@H]2c2cccnc2)c1. The van der Waals surface area contributed by atoms with E-state index in [1.54, 1.807) is 30.3 Å². The molecule has 1 saturated heterocycles. The molecule has 25 heavy (non-hydrogen) atoms. The number of likely N-dealkylation sites (tertiary alicyclic amines) is 1. The van der Waals surface area contributed by atoms with Crippen LogP contribution < -0.4 is 0 Å². The van der Waals surface area contributed by atoms with Gasteiger partial charge in [-0.1, -0.05) is 17.7 Å². The Bertz CT molecular complexity index is 750. The molecule has 2 heterocycles. The molecule has 2 atom stereocenters. The van der Waals surface area contributed by atoms with Crippen molar-refractivity contribution in [3.05, 3.63) is 65.2 Å². The summed E-state index contributed by atoms with van der Waals surface area (Å²) in [5.74, 6) is -0.425. The van der Waals surface area contributed by atoms with Crippen LogP contribution in [0.3, 0.4) is 0 Å². The molecule has 1 aromatic carbocycles. The molecule has 0 aliphatic carbocycles. The van der Waals surface area contributed by atoms with Crippen molar-refractivity contribution in [2.45, 2.75) is 19.4 Å². The molecule has 0 radical (unpaired) electrons. The van der Waals surface area contributed by atoms with Crippen LogP contribution in [0.4, 0.5) is 4.39 Å². The van der Waals surface area contributed by atoms with Crippen LogP contribution in [0.25, 0.3) is 0 Å². The lowest BCUT2D eigenvalue weighted by Crippen LogP contribution is -2.34. The maximum Gasteiger partial charge on any atom is 0.256 e. The average molecular weight is 341 g/mol. The van der Waals surface area contributed by atoms with E-state index in [1.165, 1.54) is 6.07 Å². The van der Waals surface area contributed by atoms with Gasteiger partial charge in [0.05, 0.1) is 5.56 Å². The van der Waals surface area contributed by atoms with E-state index in [9.17, 15) is 9.18 Å². The van der Waals surface area contributed by atoms with Gasteiger partial charge in [0.1, 0.15) is 5.82 Å². The zero-order valence-corrected chi connectivity index (χ0v) is 14.9. The quantitative estimate of drug-likeness (QED) is 0.856. The molecule has 4 nitrogen and oxygen atoms in total. The first-order valence-electron chi connectivity index (χ1n) is 8.59. The molecule has 1 fully saturated rings. The minimum absolute atomic E-state index is 0.145. The van der Waals surface area contributed by atoms with Crippen molar-refractivity contribution >= 4 is 5.91 Å². The van der Waals surface area contributed by atoms with E-state index in [1.807, 2.05) is 19.2 Å². The maximum atomic E-state index is 14.0. The lowest BCUT2D eigenvalue weighted by molar-refractivity contribution is 0.0756. The molecule has 3 rings (SSSR count). The van der Waals surface area contributed by atoms with Gasteiger partial charge in [-0.25, -0.2) is 4.39 Å². The highest BCUT2D eigenvalue weighted by atomic mass is 19.1. The van der Waals surface area contributed by atoms with Gasteiger partial charge >= 0.3 is 0 Å². The van der Waals surface area contributed by atoms with E-state index in [2.05, 4.69) is 23.0 Å². The molecule has 2 aromatic rings. The Morgan fingerprint density at radius 1 is 1.40 bits per heavy atom. The maximum absolute atomic E-state index is 14.0. The molecule has 0 saturated carbocycles. The summed E-state index contributed by atoms with van der Waals surface area (Å²) in [6.07, 6.45) is 4.66. The number of benzene rings is 1. The van der Waals surface area contributed by atoms with Gasteiger partial charge < -0.3 is 4.90 Å². The number of aromatic nitrogens is 1. The molecule has 1 aromatic heterocycles. The zero-order valence-electron chi connectivity index (χ0n) is 14.9. The van der Waals surface area contributed by atoms with Gasteiger partial charge in [-0.2, -0.15) is 0 Å². The number of hydrogen-bond acceptors (Lipinski definition) is 3. The summed E-state index contributed by atoms with van der Waals surface area (Å²) in [4.78, 5) is 20.9. The second kappa shape index (κ2) is 7.31. The Hall–Kier alpha value is -2.27. The summed E-state index contributed by atoms with van der Waals surface area (Å²) in [7, 11) is 3.85. The number of aryl methyl sites for hydroxylation is 1. The monoisotopic (exact) mass is 341 g/mol. The summed E-state index contributed by atoms with van der Waals surface area (Å²) in [6.45, 7) is 3.43. The third kappa shape index (κ3) is 3.71. The minimum atomic E-state index is -0.463. The number of rotatable bonds is 4. The van der Waals surface area contributed by atoms with Gasteiger partial charge in [0.15, 0.2) is 0 Å². The minimum Gasteiger partial charge on any atom is -0.341 e. The van der Waals surface area contributed by atoms with Crippen LogP contribution in [0.15, 0.2) is 42.7 Å². The fraction of sp³-hybridized carbons (Fsp3) is 0.400. The highest BCUT2D eigenvalue weighted by Crippen LogP contribution is 2.36. The van der Waals surface area contributed by atoms with Gasteiger partial charge in [-0.05, 0) is 56.6 Å². The number of hydrogen-bond donors (Lipinski definition) is 0. The Labute approximate surface area is 148 Å². The van der Waals surface area contributed by atoms with Gasteiger partial charge in [0.2, 0.25) is 0 Å². The number of carbonyl (C=O) groups is 1. The topological polar surface area (TPSA) is 36.4 Å². The van der Waals surface area contributed by atoms with E-state index in [-0.39, 0.29) is 17.5 Å². The number of pyridine rings is 1. The molecule has 0 spiro atoms. The lowest BCUT2D eigenvalue weighted by Gasteiger charge is -2.28. The van der Waals surface area contributed by atoms with Crippen molar-refractivity contribution in [2.75, 3.05) is 27.2 Å². The molecule has 1 amide bonds. The molecule has 132 valence electrons. The van der Waals surface area contributed by atoms with E-state index in [0.717, 1.165) is 24.1 Å². The van der Waals surface area contributed by atoms with Crippen molar-refractivity contribution < 1.29 is 9.18 Å².